The van der Waals surface area contributed by atoms with Crippen molar-refractivity contribution in [3.05, 3.63) is 77.6 Å². The van der Waals surface area contributed by atoms with Gasteiger partial charge < -0.3 is 9.46 Å². The minimum atomic E-state index is -0.171. The molecule has 29 heavy (non-hydrogen) atoms. The Labute approximate surface area is 174 Å². The summed E-state index contributed by atoms with van der Waals surface area (Å²) in [6, 6.07) is 13.1. The number of Topliss-reactive ketones (excluding diaryl/α,β-unsaturated/α-hetero) is 2. The van der Waals surface area contributed by atoms with E-state index in [1.165, 1.54) is 25.8 Å². The summed E-state index contributed by atoms with van der Waals surface area (Å²) in [5.74, 6) is 0.352. The first-order valence-corrected chi connectivity index (χ1v) is 9.93. The van der Waals surface area contributed by atoms with Crippen molar-refractivity contribution in [3.63, 3.8) is 0 Å². The van der Waals surface area contributed by atoms with E-state index in [1.54, 1.807) is 30.5 Å². The standard InChI is InChI=1S/C23H22N2O3S/c1-5-24-29-23-9-6-17(10-14(23)2)13-28-18-7-8-21-20(11-18)19(15(3)26)12-22(25-21)16(4)27/h5-12,24H,1,13H2,2-4H3. The number of aryl methyl sites for hydroxylation is 1. The fourth-order valence-electron chi connectivity index (χ4n) is 2.95. The zero-order chi connectivity index (χ0) is 21.0. The number of nitrogens with zero attached hydrogens (tertiary/aromatic N) is 1. The van der Waals surface area contributed by atoms with Crippen molar-refractivity contribution < 1.29 is 14.3 Å². The number of pyridine rings is 1. The molecule has 1 heterocycles. The van der Waals surface area contributed by atoms with Gasteiger partial charge in [-0.25, -0.2) is 4.98 Å². The molecule has 5 nitrogen and oxygen atoms in total. The van der Waals surface area contributed by atoms with Crippen LogP contribution in [0.5, 0.6) is 5.75 Å². The molecule has 1 N–H and O–H groups in total. The fraction of sp³-hybridized carbons (Fsp3) is 0.174. The molecule has 3 rings (SSSR count). The molecule has 0 spiro atoms. The Hall–Kier alpha value is -3.12. The third kappa shape index (κ3) is 4.84. The van der Waals surface area contributed by atoms with E-state index in [9.17, 15) is 9.59 Å². The third-order valence-corrected chi connectivity index (χ3v) is 5.38. The average molecular weight is 407 g/mol. The van der Waals surface area contributed by atoms with Crippen LogP contribution >= 0.6 is 11.9 Å². The van der Waals surface area contributed by atoms with Gasteiger partial charge in [0.15, 0.2) is 11.6 Å². The number of carbonyl (C=O) groups excluding carboxylic acids is 2. The van der Waals surface area contributed by atoms with E-state index in [2.05, 4.69) is 22.4 Å². The minimum absolute atomic E-state index is 0.117. The summed E-state index contributed by atoms with van der Waals surface area (Å²) in [5, 5.41) is 0.679. The van der Waals surface area contributed by atoms with E-state index in [-0.39, 0.29) is 17.3 Å². The maximum absolute atomic E-state index is 12.1. The van der Waals surface area contributed by atoms with Gasteiger partial charge in [0, 0.05) is 29.0 Å². The summed E-state index contributed by atoms with van der Waals surface area (Å²) in [7, 11) is 0. The molecule has 0 saturated carbocycles. The fourth-order valence-corrected chi connectivity index (χ4v) is 3.52. The highest BCUT2D eigenvalue weighted by Crippen LogP contribution is 2.26. The number of rotatable bonds is 8. The van der Waals surface area contributed by atoms with Crippen LogP contribution in [0.4, 0.5) is 0 Å². The van der Waals surface area contributed by atoms with Crippen LogP contribution in [0, 0.1) is 6.92 Å². The van der Waals surface area contributed by atoms with E-state index in [0.717, 1.165) is 16.0 Å². The highest BCUT2D eigenvalue weighted by Gasteiger charge is 2.13. The molecule has 0 saturated heterocycles. The van der Waals surface area contributed by atoms with Crippen LogP contribution in [0.1, 0.15) is 45.8 Å². The lowest BCUT2D eigenvalue weighted by Crippen LogP contribution is -2.03. The first kappa shape index (κ1) is 20.6. The van der Waals surface area contributed by atoms with Gasteiger partial charge in [-0.1, -0.05) is 18.7 Å². The van der Waals surface area contributed by atoms with Gasteiger partial charge in [0.1, 0.15) is 18.1 Å². The summed E-state index contributed by atoms with van der Waals surface area (Å²) in [4.78, 5) is 29.2. The minimum Gasteiger partial charge on any atom is -0.489 e. The molecule has 0 aliphatic rings. The smallest absolute Gasteiger partial charge is 0.178 e. The Bertz CT molecular complexity index is 1110. The molecule has 3 aromatic rings. The van der Waals surface area contributed by atoms with Crippen molar-refractivity contribution in [2.24, 2.45) is 0 Å². The summed E-state index contributed by atoms with van der Waals surface area (Å²) < 4.78 is 8.96. The highest BCUT2D eigenvalue weighted by atomic mass is 32.2. The molecule has 6 heteroatoms. The van der Waals surface area contributed by atoms with Gasteiger partial charge in [0.2, 0.25) is 0 Å². The first-order chi connectivity index (χ1) is 13.9. The van der Waals surface area contributed by atoms with Gasteiger partial charge in [-0.2, -0.15) is 0 Å². The summed E-state index contributed by atoms with van der Waals surface area (Å²) in [6.07, 6.45) is 1.64. The number of aromatic nitrogens is 1. The number of ether oxygens (including phenoxy) is 1. The van der Waals surface area contributed by atoms with Crippen molar-refractivity contribution in [2.45, 2.75) is 32.3 Å². The lowest BCUT2D eigenvalue weighted by Gasteiger charge is -2.11. The Balaban J connectivity index is 1.84. The summed E-state index contributed by atoms with van der Waals surface area (Å²) in [6.45, 7) is 9.01. The molecular weight excluding hydrogens is 384 g/mol. The SMILES string of the molecule is C=CNSc1ccc(COc2ccc3nc(C(C)=O)cc(C(C)=O)c3c2)cc1C. The molecule has 0 atom stereocenters. The van der Waals surface area contributed by atoms with E-state index in [0.29, 0.717) is 28.8 Å². The monoisotopic (exact) mass is 406 g/mol. The van der Waals surface area contributed by atoms with E-state index in [1.807, 2.05) is 19.1 Å². The van der Waals surface area contributed by atoms with Crippen LogP contribution < -0.4 is 9.46 Å². The topological polar surface area (TPSA) is 68.3 Å². The molecular formula is C23H22N2O3S. The van der Waals surface area contributed by atoms with Crippen LogP contribution in [0.15, 0.2) is 60.1 Å². The Kier molecular flexibility index (Phi) is 6.34. The Morgan fingerprint density at radius 3 is 2.59 bits per heavy atom. The number of hydrogen-bond acceptors (Lipinski definition) is 6. The van der Waals surface area contributed by atoms with Crippen molar-refractivity contribution in [3.8, 4) is 5.75 Å². The van der Waals surface area contributed by atoms with Crippen LogP contribution in [-0.4, -0.2) is 16.6 Å². The van der Waals surface area contributed by atoms with Gasteiger partial charge in [0.05, 0.1) is 5.52 Å². The number of fused-ring (bicyclic) bond motifs is 1. The van der Waals surface area contributed by atoms with Crippen LogP contribution in [0.3, 0.4) is 0 Å². The largest absolute Gasteiger partial charge is 0.489 e. The molecule has 0 aliphatic carbocycles. The van der Waals surface area contributed by atoms with Crippen molar-refractivity contribution in [2.75, 3.05) is 0 Å². The number of benzene rings is 2. The second-order valence-corrected chi connectivity index (χ2v) is 7.54. The van der Waals surface area contributed by atoms with Gasteiger partial charge >= 0.3 is 0 Å². The average Bonchev–Trinajstić information content (AvgIpc) is 2.70. The predicted molar refractivity (Wildman–Crippen MR) is 116 cm³/mol. The number of hydrogen-bond donors (Lipinski definition) is 1. The lowest BCUT2D eigenvalue weighted by atomic mass is 10.0. The zero-order valence-corrected chi connectivity index (χ0v) is 17.4. The molecule has 0 unspecified atom stereocenters. The third-order valence-electron chi connectivity index (χ3n) is 4.42. The van der Waals surface area contributed by atoms with Crippen LogP contribution in [0.25, 0.3) is 10.9 Å². The molecule has 0 bridgehead atoms. The number of carbonyl (C=O) groups is 2. The maximum atomic E-state index is 12.1. The summed E-state index contributed by atoms with van der Waals surface area (Å²) in [5.41, 5.74) is 3.54. The Morgan fingerprint density at radius 2 is 1.93 bits per heavy atom. The predicted octanol–water partition coefficient (Wildman–Crippen LogP) is 5.27. The van der Waals surface area contributed by atoms with E-state index >= 15 is 0 Å². The van der Waals surface area contributed by atoms with E-state index in [4.69, 9.17) is 4.74 Å². The quantitative estimate of drug-likeness (QED) is 0.406. The molecule has 0 aliphatic heterocycles. The molecule has 148 valence electrons. The number of nitrogens with one attached hydrogen (secondary N) is 1. The lowest BCUT2D eigenvalue weighted by molar-refractivity contribution is 0.101. The van der Waals surface area contributed by atoms with E-state index < -0.39 is 0 Å². The summed E-state index contributed by atoms with van der Waals surface area (Å²) >= 11 is 1.51. The van der Waals surface area contributed by atoms with Crippen LogP contribution in [-0.2, 0) is 6.61 Å². The van der Waals surface area contributed by atoms with Gasteiger partial charge in [0.25, 0.3) is 0 Å². The molecule has 1 aromatic heterocycles. The molecule has 0 radical (unpaired) electrons. The normalized spacial score (nSPS) is 10.6. The molecule has 2 aromatic carbocycles. The Morgan fingerprint density at radius 1 is 1.14 bits per heavy atom. The zero-order valence-electron chi connectivity index (χ0n) is 16.6. The van der Waals surface area contributed by atoms with Gasteiger partial charge in [-0.15, -0.1) is 0 Å². The van der Waals surface area contributed by atoms with Crippen molar-refractivity contribution >= 4 is 34.4 Å². The first-order valence-electron chi connectivity index (χ1n) is 9.11. The van der Waals surface area contributed by atoms with Gasteiger partial charge in [-0.3, -0.25) is 9.59 Å². The highest BCUT2D eigenvalue weighted by molar-refractivity contribution is 7.97. The maximum Gasteiger partial charge on any atom is 0.178 e. The molecule has 0 fully saturated rings. The van der Waals surface area contributed by atoms with Crippen molar-refractivity contribution in [1.29, 1.82) is 0 Å². The molecule has 0 amide bonds. The van der Waals surface area contributed by atoms with Gasteiger partial charge in [-0.05, 0) is 67.3 Å². The van der Waals surface area contributed by atoms with Crippen molar-refractivity contribution in [1.82, 2.24) is 9.71 Å². The second-order valence-electron chi connectivity index (χ2n) is 6.66. The second kappa shape index (κ2) is 8.92. The number of ketones is 2. The van der Waals surface area contributed by atoms with Crippen LogP contribution in [0.2, 0.25) is 0 Å².